The van der Waals surface area contributed by atoms with Gasteiger partial charge in [0, 0.05) is 12.1 Å². The van der Waals surface area contributed by atoms with Gasteiger partial charge >= 0.3 is 5.97 Å². The second-order valence-corrected chi connectivity index (χ2v) is 8.48. The van der Waals surface area contributed by atoms with Crippen LogP contribution in [-0.2, 0) is 19.1 Å². The zero-order valence-electron chi connectivity index (χ0n) is 21.3. The number of benzene rings is 3. The maximum absolute atomic E-state index is 12.8. The van der Waals surface area contributed by atoms with Crippen LogP contribution in [0.4, 0.5) is 5.69 Å². The molecule has 11 heteroatoms. The summed E-state index contributed by atoms with van der Waals surface area (Å²) in [6.45, 7) is -0.637. The molecule has 202 valence electrons. The molecule has 3 aromatic rings. The van der Waals surface area contributed by atoms with Crippen molar-refractivity contribution in [2.75, 3.05) is 32.7 Å². The Labute approximate surface area is 224 Å². The van der Waals surface area contributed by atoms with Crippen molar-refractivity contribution in [1.82, 2.24) is 10.4 Å². The van der Waals surface area contributed by atoms with Crippen LogP contribution in [0.2, 0.25) is 0 Å². The molecule has 1 aliphatic heterocycles. The molecule has 1 heterocycles. The van der Waals surface area contributed by atoms with Crippen molar-refractivity contribution in [1.29, 1.82) is 0 Å². The summed E-state index contributed by atoms with van der Waals surface area (Å²) >= 11 is 0. The molecular formula is C28H27N3O8. The highest BCUT2D eigenvalue weighted by atomic mass is 16.5. The molecule has 3 amide bonds. The number of esters is 1. The van der Waals surface area contributed by atoms with Crippen LogP contribution in [0.1, 0.15) is 16.8 Å². The van der Waals surface area contributed by atoms with E-state index in [1.54, 1.807) is 42.5 Å². The predicted octanol–water partition coefficient (Wildman–Crippen LogP) is 3.17. The average molecular weight is 534 g/mol. The summed E-state index contributed by atoms with van der Waals surface area (Å²) in [4.78, 5) is 50.1. The number of hydrogen-bond donors (Lipinski definition) is 2. The summed E-state index contributed by atoms with van der Waals surface area (Å²) in [5, 5.41) is 3.67. The van der Waals surface area contributed by atoms with Crippen LogP contribution in [0.25, 0.3) is 0 Å². The Morgan fingerprint density at radius 1 is 0.872 bits per heavy atom. The topological polar surface area (TPSA) is 133 Å². The van der Waals surface area contributed by atoms with Gasteiger partial charge in [-0.25, -0.2) is 0 Å². The number of carbonyl (C=O) groups excluding carboxylic acids is 4. The van der Waals surface area contributed by atoms with Gasteiger partial charge in [-0.2, -0.15) is 0 Å². The molecule has 0 aromatic heterocycles. The number of carbonyl (C=O) groups is 4. The standard InChI is InChI=1S/C28H27N3O8/c1-36-22-9-6-10-23(37-2)26(22)27(34)30-31-16-18(15-25(31)33)28(35)38-17-24(32)29-19-11-13-21(14-12-19)39-20-7-4-3-5-8-20/h3-14,18H,15-17H2,1-2H3,(H,29,32)(H,30,34)/t18-/m0/s1. The van der Waals surface area contributed by atoms with Crippen molar-refractivity contribution >= 4 is 29.4 Å². The first-order valence-corrected chi connectivity index (χ1v) is 12.0. The molecule has 4 rings (SSSR count). The first kappa shape index (κ1) is 27.0. The second kappa shape index (κ2) is 12.5. The number of nitrogens with one attached hydrogen (secondary N) is 2. The van der Waals surface area contributed by atoms with E-state index in [-0.39, 0.29) is 30.0 Å². The van der Waals surface area contributed by atoms with Crippen LogP contribution in [0, 0.1) is 5.92 Å². The van der Waals surface area contributed by atoms with Gasteiger partial charge in [-0.3, -0.25) is 29.6 Å². The van der Waals surface area contributed by atoms with Crippen LogP contribution in [0.3, 0.4) is 0 Å². The van der Waals surface area contributed by atoms with Gasteiger partial charge in [-0.1, -0.05) is 24.3 Å². The van der Waals surface area contributed by atoms with Crippen molar-refractivity contribution in [3.63, 3.8) is 0 Å². The minimum atomic E-state index is -0.848. The number of hydrogen-bond acceptors (Lipinski definition) is 8. The van der Waals surface area contributed by atoms with Gasteiger partial charge in [0.05, 0.1) is 26.7 Å². The lowest BCUT2D eigenvalue weighted by molar-refractivity contribution is -0.151. The monoisotopic (exact) mass is 533 g/mol. The number of nitrogens with zero attached hydrogens (tertiary/aromatic N) is 1. The van der Waals surface area contributed by atoms with E-state index in [0.29, 0.717) is 17.2 Å². The SMILES string of the molecule is COc1cccc(OC)c1C(=O)NN1C[C@@H](C(=O)OCC(=O)Nc2ccc(Oc3ccccc3)cc2)CC1=O. The third-order valence-corrected chi connectivity index (χ3v) is 5.81. The molecular weight excluding hydrogens is 506 g/mol. The number of ether oxygens (including phenoxy) is 4. The molecule has 0 aliphatic carbocycles. The molecule has 3 aromatic carbocycles. The number of para-hydroxylation sites is 1. The van der Waals surface area contributed by atoms with E-state index in [1.165, 1.54) is 14.2 Å². The van der Waals surface area contributed by atoms with Crippen molar-refractivity contribution in [3.8, 4) is 23.0 Å². The molecule has 0 saturated carbocycles. The summed E-state index contributed by atoms with van der Waals surface area (Å²) in [6.07, 6.45) is -0.174. The molecule has 11 nitrogen and oxygen atoms in total. The smallest absolute Gasteiger partial charge is 0.311 e. The zero-order chi connectivity index (χ0) is 27.8. The van der Waals surface area contributed by atoms with E-state index >= 15 is 0 Å². The van der Waals surface area contributed by atoms with Gasteiger partial charge in [-0.15, -0.1) is 0 Å². The molecule has 1 fully saturated rings. The average Bonchev–Trinajstić information content (AvgIpc) is 3.32. The normalized spacial score (nSPS) is 14.4. The van der Waals surface area contributed by atoms with Gasteiger partial charge in [0.25, 0.3) is 11.8 Å². The van der Waals surface area contributed by atoms with Gasteiger partial charge in [-0.05, 0) is 48.5 Å². The Morgan fingerprint density at radius 2 is 1.51 bits per heavy atom. The zero-order valence-corrected chi connectivity index (χ0v) is 21.3. The van der Waals surface area contributed by atoms with E-state index < -0.39 is 36.2 Å². The van der Waals surface area contributed by atoms with Gasteiger partial charge in [0.1, 0.15) is 28.6 Å². The van der Waals surface area contributed by atoms with Crippen LogP contribution in [0.5, 0.6) is 23.0 Å². The summed E-state index contributed by atoms with van der Waals surface area (Å²) in [6, 6.07) is 20.8. The minimum absolute atomic E-state index is 0.106. The highest BCUT2D eigenvalue weighted by Gasteiger charge is 2.37. The van der Waals surface area contributed by atoms with E-state index in [2.05, 4.69) is 10.7 Å². The van der Waals surface area contributed by atoms with Crippen molar-refractivity contribution in [3.05, 3.63) is 78.4 Å². The third-order valence-electron chi connectivity index (χ3n) is 5.81. The Kier molecular flexibility index (Phi) is 8.62. The molecule has 0 radical (unpaired) electrons. The molecule has 39 heavy (non-hydrogen) atoms. The van der Waals surface area contributed by atoms with Crippen LogP contribution in [0.15, 0.2) is 72.8 Å². The number of hydrazine groups is 1. The van der Waals surface area contributed by atoms with E-state index in [9.17, 15) is 19.2 Å². The maximum Gasteiger partial charge on any atom is 0.311 e. The molecule has 0 unspecified atom stereocenters. The van der Waals surface area contributed by atoms with Crippen LogP contribution in [-0.4, -0.2) is 56.1 Å². The lowest BCUT2D eigenvalue weighted by Gasteiger charge is -2.19. The first-order chi connectivity index (χ1) is 18.9. The quantitative estimate of drug-likeness (QED) is 0.380. The largest absolute Gasteiger partial charge is 0.496 e. The molecule has 0 bridgehead atoms. The predicted molar refractivity (Wildman–Crippen MR) is 139 cm³/mol. The lowest BCUT2D eigenvalue weighted by Crippen LogP contribution is -2.43. The second-order valence-electron chi connectivity index (χ2n) is 8.48. The van der Waals surface area contributed by atoms with E-state index in [4.69, 9.17) is 18.9 Å². The highest BCUT2D eigenvalue weighted by Crippen LogP contribution is 2.29. The van der Waals surface area contributed by atoms with Crippen LogP contribution >= 0.6 is 0 Å². The molecule has 0 spiro atoms. The number of anilines is 1. The molecule has 1 atom stereocenters. The van der Waals surface area contributed by atoms with E-state index in [0.717, 1.165) is 5.01 Å². The first-order valence-electron chi connectivity index (χ1n) is 12.0. The van der Waals surface area contributed by atoms with Gasteiger partial charge < -0.3 is 24.3 Å². The van der Waals surface area contributed by atoms with E-state index in [1.807, 2.05) is 30.3 Å². The fraction of sp³-hybridized carbons (Fsp3) is 0.214. The fourth-order valence-corrected chi connectivity index (χ4v) is 3.91. The van der Waals surface area contributed by atoms with Crippen molar-refractivity contribution in [2.45, 2.75) is 6.42 Å². The lowest BCUT2D eigenvalue weighted by atomic mass is 10.1. The Bertz CT molecular complexity index is 1320. The van der Waals surface area contributed by atoms with Crippen molar-refractivity contribution < 1.29 is 38.1 Å². The van der Waals surface area contributed by atoms with Crippen molar-refractivity contribution in [2.24, 2.45) is 5.92 Å². The van der Waals surface area contributed by atoms with Gasteiger partial charge in [0.15, 0.2) is 6.61 Å². The number of methoxy groups -OCH3 is 2. The van der Waals surface area contributed by atoms with Gasteiger partial charge in [0.2, 0.25) is 5.91 Å². The highest BCUT2D eigenvalue weighted by molar-refractivity contribution is 6.01. The van der Waals surface area contributed by atoms with Crippen LogP contribution < -0.4 is 25.0 Å². The Hall–Kier alpha value is -5.06. The summed E-state index contributed by atoms with van der Waals surface area (Å²) in [5.74, 6) is -1.42. The minimum Gasteiger partial charge on any atom is -0.496 e. The molecule has 2 N–H and O–H groups in total. The summed E-state index contributed by atoms with van der Waals surface area (Å²) in [5.41, 5.74) is 3.09. The summed E-state index contributed by atoms with van der Waals surface area (Å²) < 4.78 is 21.3. The molecule has 1 saturated heterocycles. The maximum atomic E-state index is 12.8. The summed E-state index contributed by atoms with van der Waals surface area (Å²) in [7, 11) is 2.81. The molecule has 1 aliphatic rings. The fourth-order valence-electron chi connectivity index (χ4n) is 3.91. The Morgan fingerprint density at radius 3 is 2.15 bits per heavy atom. The number of rotatable bonds is 10. The Balaban J connectivity index is 1.25. The third kappa shape index (κ3) is 6.83. The number of amides is 3.